The number of hydrogen-bond acceptors (Lipinski definition) is 4. The zero-order valence-corrected chi connectivity index (χ0v) is 19.4. The van der Waals surface area contributed by atoms with Crippen LogP contribution >= 0.6 is 0 Å². The first-order valence-electron chi connectivity index (χ1n) is 11.7. The molecule has 0 bridgehead atoms. The van der Waals surface area contributed by atoms with Crippen molar-refractivity contribution in [3.8, 4) is 0 Å². The van der Waals surface area contributed by atoms with Gasteiger partial charge in [-0.2, -0.15) is 0 Å². The van der Waals surface area contributed by atoms with E-state index in [9.17, 15) is 9.59 Å². The van der Waals surface area contributed by atoms with Crippen LogP contribution in [0.2, 0.25) is 0 Å². The van der Waals surface area contributed by atoms with E-state index in [1.54, 1.807) is 0 Å². The van der Waals surface area contributed by atoms with Gasteiger partial charge >= 0.3 is 5.97 Å². The minimum atomic E-state index is -0.952. The number of Topliss-reactive ketones (excluding diaryl/α,β-unsaturated/α-hetero) is 1. The van der Waals surface area contributed by atoms with E-state index in [0.717, 1.165) is 35.2 Å². The Morgan fingerprint density at radius 2 is 1.64 bits per heavy atom. The number of carbonyl (C=O) groups excluding carboxylic acids is 2. The highest BCUT2D eigenvalue weighted by molar-refractivity contribution is 6.08. The number of nitrogens with zero attached hydrogens (tertiary/aromatic N) is 1. The Morgan fingerprint density at radius 1 is 0.939 bits per heavy atom. The number of hydrogen-bond donors (Lipinski definition) is 0. The highest BCUT2D eigenvalue weighted by Crippen LogP contribution is 2.40. The lowest BCUT2D eigenvalue weighted by Crippen LogP contribution is -2.56. The van der Waals surface area contributed by atoms with Gasteiger partial charge in [0.25, 0.3) is 0 Å². The number of anilines is 1. The molecule has 33 heavy (non-hydrogen) atoms. The maximum Gasteiger partial charge on any atom is 0.337 e. The van der Waals surface area contributed by atoms with Gasteiger partial charge in [-0.25, -0.2) is 4.79 Å². The minimum absolute atomic E-state index is 0.0851. The monoisotopic (exact) mass is 441 g/mol. The first-order chi connectivity index (χ1) is 16.0. The van der Waals surface area contributed by atoms with Crippen molar-refractivity contribution in [2.75, 3.05) is 11.4 Å². The summed E-state index contributed by atoms with van der Waals surface area (Å²) in [7, 11) is 0. The third kappa shape index (κ3) is 5.00. The molecule has 0 amide bonds. The van der Waals surface area contributed by atoms with E-state index in [1.165, 1.54) is 0 Å². The maximum absolute atomic E-state index is 13.6. The number of cyclic esters (lactones) is 1. The third-order valence-electron chi connectivity index (χ3n) is 6.35. The molecule has 0 spiro atoms. The van der Waals surface area contributed by atoms with Crippen LogP contribution in [0, 0.1) is 6.92 Å². The lowest BCUT2D eigenvalue weighted by atomic mass is 9.80. The summed E-state index contributed by atoms with van der Waals surface area (Å²) in [6.45, 7) is 4.67. The van der Waals surface area contributed by atoms with Crippen LogP contribution in [-0.2, 0) is 26.3 Å². The highest BCUT2D eigenvalue weighted by Gasteiger charge is 2.49. The van der Waals surface area contributed by atoms with Crippen LogP contribution in [0.25, 0.3) is 0 Å². The largest absolute Gasteiger partial charge is 0.452 e. The summed E-state index contributed by atoms with van der Waals surface area (Å²) in [4.78, 5) is 29.0. The van der Waals surface area contributed by atoms with Gasteiger partial charge in [0.2, 0.25) is 0 Å². The Balaban J connectivity index is 1.65. The van der Waals surface area contributed by atoms with E-state index in [-0.39, 0.29) is 12.2 Å². The van der Waals surface area contributed by atoms with Crippen LogP contribution < -0.4 is 4.90 Å². The summed E-state index contributed by atoms with van der Waals surface area (Å²) in [6.07, 6.45) is 2.27. The van der Waals surface area contributed by atoms with Gasteiger partial charge in [-0.05, 0) is 55.0 Å². The van der Waals surface area contributed by atoms with Gasteiger partial charge in [0.1, 0.15) is 5.60 Å². The van der Waals surface area contributed by atoms with Crippen molar-refractivity contribution in [3.63, 3.8) is 0 Å². The highest BCUT2D eigenvalue weighted by atomic mass is 16.6. The fraction of sp³-hybridized carbons (Fsp3) is 0.310. The number of aryl methyl sites for hydroxylation is 2. The Labute approximate surface area is 196 Å². The molecule has 0 aromatic heterocycles. The topological polar surface area (TPSA) is 46.6 Å². The number of ether oxygens (including phenoxy) is 1. The SMILES string of the molecule is CCCN(c1cccc(C)c1)C1C(=O)CC(CCc2ccccc2)(c2ccccc2)OC1=O. The van der Waals surface area contributed by atoms with E-state index >= 15 is 0 Å². The molecule has 4 nitrogen and oxygen atoms in total. The van der Waals surface area contributed by atoms with Crippen LogP contribution in [0.4, 0.5) is 5.69 Å². The van der Waals surface area contributed by atoms with Crippen molar-refractivity contribution in [1.29, 1.82) is 0 Å². The summed E-state index contributed by atoms with van der Waals surface area (Å²) in [6, 6.07) is 26.9. The fourth-order valence-corrected chi connectivity index (χ4v) is 4.73. The van der Waals surface area contributed by atoms with Crippen molar-refractivity contribution < 1.29 is 14.3 Å². The van der Waals surface area contributed by atoms with Gasteiger partial charge in [-0.1, -0.05) is 79.7 Å². The summed E-state index contributed by atoms with van der Waals surface area (Å²) in [5.41, 5.74) is 3.05. The predicted molar refractivity (Wildman–Crippen MR) is 131 cm³/mol. The van der Waals surface area contributed by atoms with Gasteiger partial charge < -0.3 is 9.64 Å². The molecule has 1 heterocycles. The number of benzene rings is 3. The van der Waals surface area contributed by atoms with Gasteiger partial charge in [-0.15, -0.1) is 0 Å². The standard InChI is InChI=1S/C29H31NO3/c1-3-19-30(25-16-10-11-22(2)20-25)27-26(31)21-29(33-28(27)32,24-14-8-5-9-15-24)18-17-23-12-6-4-7-13-23/h4-16,20,27H,3,17-19,21H2,1-2H3. The first kappa shape index (κ1) is 22.8. The van der Waals surface area contributed by atoms with Crippen LogP contribution in [0.5, 0.6) is 0 Å². The van der Waals surface area contributed by atoms with Crippen molar-refractivity contribution in [3.05, 3.63) is 102 Å². The second-order valence-corrected chi connectivity index (χ2v) is 8.85. The Hall–Kier alpha value is -3.40. The van der Waals surface area contributed by atoms with Crippen molar-refractivity contribution in [2.45, 2.75) is 51.2 Å². The van der Waals surface area contributed by atoms with Gasteiger partial charge in [0, 0.05) is 12.2 Å². The minimum Gasteiger partial charge on any atom is -0.452 e. The lowest BCUT2D eigenvalue weighted by Gasteiger charge is -2.42. The summed E-state index contributed by atoms with van der Waals surface area (Å²) < 4.78 is 6.24. The first-order valence-corrected chi connectivity index (χ1v) is 11.7. The molecule has 3 aromatic carbocycles. The molecule has 3 aromatic rings. The van der Waals surface area contributed by atoms with Crippen LogP contribution in [-0.4, -0.2) is 24.3 Å². The molecular formula is C29H31NO3. The molecule has 0 aliphatic carbocycles. The smallest absolute Gasteiger partial charge is 0.337 e. The van der Waals surface area contributed by atoms with Crippen LogP contribution in [0.1, 0.15) is 42.9 Å². The van der Waals surface area contributed by atoms with Crippen LogP contribution in [0.3, 0.4) is 0 Å². The van der Waals surface area contributed by atoms with Crippen molar-refractivity contribution in [2.24, 2.45) is 0 Å². The van der Waals surface area contributed by atoms with E-state index < -0.39 is 17.6 Å². The maximum atomic E-state index is 13.6. The second kappa shape index (κ2) is 10.0. The van der Waals surface area contributed by atoms with E-state index in [2.05, 4.69) is 19.1 Å². The Bertz CT molecular complexity index is 1080. The molecule has 1 fully saturated rings. The number of rotatable bonds is 8. The molecule has 170 valence electrons. The van der Waals surface area contributed by atoms with E-state index in [1.807, 2.05) is 84.6 Å². The Morgan fingerprint density at radius 3 is 2.27 bits per heavy atom. The van der Waals surface area contributed by atoms with Crippen LogP contribution in [0.15, 0.2) is 84.9 Å². The zero-order chi connectivity index (χ0) is 23.3. The molecule has 1 saturated heterocycles. The van der Waals surface area contributed by atoms with Gasteiger partial charge in [0.15, 0.2) is 11.8 Å². The molecule has 1 aliphatic heterocycles. The lowest BCUT2D eigenvalue weighted by molar-refractivity contribution is -0.175. The average Bonchev–Trinajstić information content (AvgIpc) is 2.83. The van der Waals surface area contributed by atoms with Crippen molar-refractivity contribution in [1.82, 2.24) is 0 Å². The van der Waals surface area contributed by atoms with E-state index in [0.29, 0.717) is 13.0 Å². The molecule has 4 heteroatoms. The van der Waals surface area contributed by atoms with Gasteiger partial charge in [0.05, 0.1) is 6.42 Å². The molecule has 2 atom stereocenters. The quantitative estimate of drug-likeness (QED) is 0.336. The normalized spacial score (nSPS) is 20.4. The summed E-state index contributed by atoms with van der Waals surface area (Å²) >= 11 is 0. The Kier molecular flexibility index (Phi) is 6.93. The second-order valence-electron chi connectivity index (χ2n) is 8.85. The average molecular weight is 442 g/mol. The summed E-state index contributed by atoms with van der Waals surface area (Å²) in [5, 5.41) is 0. The molecule has 2 unspecified atom stereocenters. The molecule has 1 aliphatic rings. The summed E-state index contributed by atoms with van der Waals surface area (Å²) in [5.74, 6) is -0.545. The molecule has 0 radical (unpaired) electrons. The molecule has 4 rings (SSSR count). The number of esters is 1. The molecule has 0 saturated carbocycles. The predicted octanol–water partition coefficient (Wildman–Crippen LogP) is 5.62. The van der Waals surface area contributed by atoms with Gasteiger partial charge in [-0.3, -0.25) is 4.79 Å². The molecule has 0 N–H and O–H groups in total. The third-order valence-corrected chi connectivity index (χ3v) is 6.35. The molecular weight excluding hydrogens is 410 g/mol. The fourth-order valence-electron chi connectivity index (χ4n) is 4.73. The number of carbonyl (C=O) groups is 2. The van der Waals surface area contributed by atoms with Crippen molar-refractivity contribution >= 4 is 17.4 Å². The number of ketones is 1. The van der Waals surface area contributed by atoms with E-state index in [4.69, 9.17) is 4.74 Å². The zero-order valence-electron chi connectivity index (χ0n) is 19.4.